The topological polar surface area (TPSA) is 51.2 Å². The van der Waals surface area contributed by atoms with Crippen LogP contribution in [0.1, 0.15) is 12.5 Å². The first kappa shape index (κ1) is 13.0. The molecule has 0 spiro atoms. The summed E-state index contributed by atoms with van der Waals surface area (Å²) in [4.78, 5) is 15.0. The first-order chi connectivity index (χ1) is 9.15. The SMILES string of the molecule is CC(=O)NCc1cccnc1Oc1cccc(F)c1. The maximum Gasteiger partial charge on any atom is 0.224 e. The number of carbonyl (C=O) groups excluding carboxylic acids is 1. The van der Waals surface area contributed by atoms with Gasteiger partial charge in [0.05, 0.1) is 0 Å². The van der Waals surface area contributed by atoms with Crippen LogP contribution in [0, 0.1) is 5.82 Å². The van der Waals surface area contributed by atoms with Gasteiger partial charge in [0.25, 0.3) is 0 Å². The molecule has 0 fully saturated rings. The summed E-state index contributed by atoms with van der Waals surface area (Å²) in [5.74, 6) is 0.196. The van der Waals surface area contributed by atoms with Gasteiger partial charge in [-0.1, -0.05) is 12.1 Å². The van der Waals surface area contributed by atoms with Crippen molar-refractivity contribution in [1.29, 1.82) is 0 Å². The minimum atomic E-state index is -0.378. The Morgan fingerprint density at radius 2 is 2.21 bits per heavy atom. The quantitative estimate of drug-likeness (QED) is 0.919. The van der Waals surface area contributed by atoms with Crippen molar-refractivity contribution in [1.82, 2.24) is 10.3 Å². The predicted octanol–water partition coefficient (Wildman–Crippen LogP) is 2.65. The van der Waals surface area contributed by atoms with E-state index in [0.29, 0.717) is 18.2 Å². The van der Waals surface area contributed by atoms with Crippen LogP contribution < -0.4 is 10.1 Å². The summed E-state index contributed by atoms with van der Waals surface area (Å²) in [6.07, 6.45) is 1.58. The number of nitrogens with zero attached hydrogens (tertiary/aromatic N) is 1. The molecule has 1 aromatic heterocycles. The number of pyridine rings is 1. The molecule has 1 heterocycles. The van der Waals surface area contributed by atoms with Gasteiger partial charge in [-0.3, -0.25) is 4.79 Å². The number of ether oxygens (including phenoxy) is 1. The highest BCUT2D eigenvalue weighted by molar-refractivity contribution is 5.72. The van der Waals surface area contributed by atoms with Crippen LogP contribution in [-0.2, 0) is 11.3 Å². The van der Waals surface area contributed by atoms with Gasteiger partial charge in [-0.2, -0.15) is 0 Å². The van der Waals surface area contributed by atoms with Crippen LogP contribution in [0.3, 0.4) is 0 Å². The van der Waals surface area contributed by atoms with Crippen molar-refractivity contribution in [3.63, 3.8) is 0 Å². The number of carbonyl (C=O) groups is 1. The van der Waals surface area contributed by atoms with Crippen LogP contribution in [0.4, 0.5) is 4.39 Å². The highest BCUT2D eigenvalue weighted by Crippen LogP contribution is 2.23. The van der Waals surface area contributed by atoms with Crippen molar-refractivity contribution in [3.05, 3.63) is 54.0 Å². The summed E-state index contributed by atoms with van der Waals surface area (Å²) in [7, 11) is 0. The second kappa shape index (κ2) is 5.95. The Bertz CT molecular complexity index is 587. The third kappa shape index (κ3) is 3.77. The Morgan fingerprint density at radius 3 is 2.95 bits per heavy atom. The first-order valence-corrected chi connectivity index (χ1v) is 5.77. The van der Waals surface area contributed by atoms with Crippen LogP contribution in [0.2, 0.25) is 0 Å². The highest BCUT2D eigenvalue weighted by Gasteiger charge is 2.07. The maximum absolute atomic E-state index is 13.1. The molecule has 1 aromatic carbocycles. The normalized spacial score (nSPS) is 10.0. The zero-order valence-electron chi connectivity index (χ0n) is 10.4. The van der Waals surface area contributed by atoms with Crippen molar-refractivity contribution in [3.8, 4) is 11.6 Å². The molecule has 19 heavy (non-hydrogen) atoms. The smallest absolute Gasteiger partial charge is 0.224 e. The predicted molar refractivity (Wildman–Crippen MR) is 68.2 cm³/mol. The number of rotatable bonds is 4. The lowest BCUT2D eigenvalue weighted by Crippen LogP contribution is -2.19. The zero-order valence-corrected chi connectivity index (χ0v) is 10.4. The van der Waals surface area contributed by atoms with Gasteiger partial charge in [-0.15, -0.1) is 0 Å². The lowest BCUT2D eigenvalue weighted by molar-refractivity contribution is -0.119. The fourth-order valence-electron chi connectivity index (χ4n) is 1.51. The molecule has 98 valence electrons. The molecule has 0 saturated carbocycles. The summed E-state index contributed by atoms with van der Waals surface area (Å²) >= 11 is 0. The summed E-state index contributed by atoms with van der Waals surface area (Å²) in [5.41, 5.74) is 0.724. The summed E-state index contributed by atoms with van der Waals surface area (Å²) in [5, 5.41) is 2.67. The average Bonchev–Trinajstić information content (AvgIpc) is 2.38. The molecule has 2 rings (SSSR count). The van der Waals surface area contributed by atoms with Crippen molar-refractivity contribution in [2.24, 2.45) is 0 Å². The van der Waals surface area contributed by atoms with Gasteiger partial charge in [0.15, 0.2) is 0 Å². The highest BCUT2D eigenvalue weighted by atomic mass is 19.1. The van der Waals surface area contributed by atoms with E-state index in [1.165, 1.54) is 19.1 Å². The molecular weight excluding hydrogens is 247 g/mol. The zero-order chi connectivity index (χ0) is 13.7. The fourth-order valence-corrected chi connectivity index (χ4v) is 1.51. The van der Waals surface area contributed by atoms with Gasteiger partial charge in [0, 0.05) is 31.3 Å². The van der Waals surface area contributed by atoms with E-state index in [1.807, 2.05) is 0 Å². The van der Waals surface area contributed by atoms with Gasteiger partial charge in [-0.05, 0) is 18.2 Å². The molecule has 5 heteroatoms. The number of amides is 1. The molecule has 1 amide bonds. The Labute approximate surface area is 110 Å². The standard InChI is InChI=1S/C14H13FN2O2/c1-10(18)17-9-11-4-3-7-16-14(11)19-13-6-2-5-12(15)8-13/h2-8H,9H2,1H3,(H,17,18). The van der Waals surface area contributed by atoms with E-state index in [-0.39, 0.29) is 11.7 Å². The molecule has 0 aliphatic rings. The molecule has 0 bridgehead atoms. The second-order valence-corrected chi connectivity index (χ2v) is 3.94. The van der Waals surface area contributed by atoms with Crippen molar-refractivity contribution in [2.45, 2.75) is 13.5 Å². The van der Waals surface area contributed by atoms with Crippen LogP contribution in [0.5, 0.6) is 11.6 Å². The van der Waals surface area contributed by atoms with Gasteiger partial charge in [0.2, 0.25) is 11.8 Å². The Morgan fingerprint density at radius 1 is 1.37 bits per heavy atom. The first-order valence-electron chi connectivity index (χ1n) is 5.77. The second-order valence-electron chi connectivity index (χ2n) is 3.94. The molecule has 0 atom stereocenters. The Balaban J connectivity index is 2.17. The molecule has 0 radical (unpaired) electrons. The van der Waals surface area contributed by atoms with Crippen molar-refractivity contribution >= 4 is 5.91 Å². The third-order valence-electron chi connectivity index (χ3n) is 2.39. The van der Waals surface area contributed by atoms with Crippen LogP contribution in [0.15, 0.2) is 42.6 Å². The van der Waals surface area contributed by atoms with Crippen molar-refractivity contribution in [2.75, 3.05) is 0 Å². The van der Waals surface area contributed by atoms with E-state index in [4.69, 9.17) is 4.74 Å². The number of hydrogen-bond acceptors (Lipinski definition) is 3. The molecule has 0 unspecified atom stereocenters. The van der Waals surface area contributed by atoms with Crippen molar-refractivity contribution < 1.29 is 13.9 Å². The molecule has 0 aliphatic carbocycles. The van der Waals surface area contributed by atoms with E-state index in [2.05, 4.69) is 10.3 Å². The number of nitrogens with one attached hydrogen (secondary N) is 1. The van der Waals surface area contributed by atoms with Gasteiger partial charge in [0.1, 0.15) is 11.6 Å². The minimum Gasteiger partial charge on any atom is -0.439 e. The van der Waals surface area contributed by atoms with Gasteiger partial charge in [-0.25, -0.2) is 9.37 Å². The van der Waals surface area contributed by atoms with E-state index in [1.54, 1.807) is 30.5 Å². The van der Waals surface area contributed by atoms with Crippen LogP contribution in [-0.4, -0.2) is 10.9 Å². The lowest BCUT2D eigenvalue weighted by atomic mass is 10.2. The van der Waals surface area contributed by atoms with Gasteiger partial charge >= 0.3 is 0 Å². The van der Waals surface area contributed by atoms with Gasteiger partial charge < -0.3 is 10.1 Å². The van der Waals surface area contributed by atoms with E-state index in [9.17, 15) is 9.18 Å². The third-order valence-corrected chi connectivity index (χ3v) is 2.39. The molecule has 4 nitrogen and oxygen atoms in total. The van der Waals surface area contributed by atoms with Crippen LogP contribution >= 0.6 is 0 Å². The molecule has 1 N–H and O–H groups in total. The van der Waals surface area contributed by atoms with E-state index in [0.717, 1.165) is 5.56 Å². The van der Waals surface area contributed by atoms with E-state index < -0.39 is 0 Å². The summed E-state index contributed by atoms with van der Waals surface area (Å²) in [6.45, 7) is 1.75. The average molecular weight is 260 g/mol. The number of halogens is 1. The largest absolute Gasteiger partial charge is 0.439 e. The molecule has 0 aliphatic heterocycles. The Kier molecular flexibility index (Phi) is 4.07. The summed E-state index contributed by atoms with van der Waals surface area (Å²) < 4.78 is 18.6. The number of aromatic nitrogens is 1. The fraction of sp³-hybridized carbons (Fsp3) is 0.143. The van der Waals surface area contributed by atoms with E-state index >= 15 is 0 Å². The molecular formula is C14H13FN2O2. The summed E-state index contributed by atoms with van der Waals surface area (Å²) in [6, 6.07) is 9.34. The molecule has 2 aromatic rings. The minimum absolute atomic E-state index is 0.138. The Hall–Kier alpha value is -2.43. The number of hydrogen-bond donors (Lipinski definition) is 1. The monoisotopic (exact) mass is 260 g/mol. The maximum atomic E-state index is 13.1. The molecule has 0 saturated heterocycles. The lowest BCUT2D eigenvalue weighted by Gasteiger charge is -2.10. The number of benzene rings is 1. The van der Waals surface area contributed by atoms with Crippen LogP contribution in [0.25, 0.3) is 0 Å².